The fourth-order valence-electron chi connectivity index (χ4n) is 5.82. The molecular formula is C33H43I3N10O2. The van der Waals surface area contributed by atoms with Crippen LogP contribution in [0.4, 0.5) is 0 Å². The summed E-state index contributed by atoms with van der Waals surface area (Å²) in [7, 11) is 0. The Morgan fingerprint density at radius 3 is 1.48 bits per heavy atom. The number of likely N-dealkylation sites (tertiary alicyclic amines) is 2. The highest BCUT2D eigenvalue weighted by atomic mass is 128. The van der Waals surface area contributed by atoms with E-state index in [1.807, 2.05) is 19.1 Å². The van der Waals surface area contributed by atoms with Crippen LogP contribution in [-0.4, -0.2) is 89.9 Å². The minimum Gasteiger partial charge on any atom is -0.352 e. The van der Waals surface area contributed by atoms with Gasteiger partial charge in [0, 0.05) is 94.8 Å². The number of aryl methyl sites for hydroxylation is 1. The van der Waals surface area contributed by atoms with Crippen molar-refractivity contribution in [3.05, 3.63) is 93.6 Å². The SMILES string of the molecule is Cc1cn(CC(=O)NC2CCN(Cc3ccccc3)CC2)nn1.II.O=C(Cn1cc(I)nn1)NC1CCN(Cc2ccccc2)CC1. The highest BCUT2D eigenvalue weighted by molar-refractivity contribution is 15.0. The van der Waals surface area contributed by atoms with E-state index in [0.29, 0.717) is 0 Å². The van der Waals surface area contributed by atoms with Crippen molar-refractivity contribution >= 4 is 71.6 Å². The van der Waals surface area contributed by atoms with E-state index in [1.165, 1.54) is 11.1 Å². The fraction of sp³-hybridized carbons (Fsp3) is 0.455. The first-order valence-corrected chi connectivity index (χ1v) is 23.4. The standard InChI is InChI=1S/C17H23N5O.C16H20IN5O.I2/c1-14-11-22(20-19-14)13-17(23)18-16-7-9-21(10-8-16)12-15-5-3-2-4-6-15;17-15-11-22(20-19-15)12-16(23)18-14-6-8-21(9-7-14)10-13-4-2-1-3-5-13;1-2/h2-6,11,16H,7-10,12-13H2,1H3,(H,18,23);1-5,11,14H,6-10,12H2,(H,18,23);. The average Bonchev–Trinajstić information content (AvgIpc) is 3.71. The van der Waals surface area contributed by atoms with Gasteiger partial charge < -0.3 is 10.6 Å². The quantitative estimate of drug-likeness (QED) is 0.218. The van der Waals surface area contributed by atoms with Crippen molar-refractivity contribution in [2.75, 3.05) is 26.2 Å². The van der Waals surface area contributed by atoms with Gasteiger partial charge in [-0.1, -0.05) is 71.1 Å². The fourth-order valence-corrected chi connectivity index (χ4v) is 6.24. The van der Waals surface area contributed by atoms with E-state index in [2.05, 4.69) is 149 Å². The van der Waals surface area contributed by atoms with Crippen LogP contribution in [0.5, 0.6) is 0 Å². The summed E-state index contributed by atoms with van der Waals surface area (Å²) in [5.74, 6) is 0.0178. The number of halogens is 3. The molecule has 0 spiro atoms. The molecule has 2 saturated heterocycles. The summed E-state index contributed by atoms with van der Waals surface area (Å²) in [6.45, 7) is 8.38. The first-order valence-electron chi connectivity index (χ1n) is 16.1. The lowest BCUT2D eigenvalue weighted by molar-refractivity contribution is -0.123. The van der Waals surface area contributed by atoms with Crippen LogP contribution in [0, 0.1) is 10.6 Å². The molecule has 48 heavy (non-hydrogen) atoms. The van der Waals surface area contributed by atoms with Crippen molar-refractivity contribution in [3.63, 3.8) is 0 Å². The molecule has 4 heterocycles. The van der Waals surface area contributed by atoms with Crippen LogP contribution in [0.25, 0.3) is 0 Å². The van der Waals surface area contributed by atoms with Gasteiger partial charge in [0.1, 0.15) is 16.8 Å². The number of amides is 2. The van der Waals surface area contributed by atoms with Crippen LogP contribution in [0.3, 0.4) is 0 Å². The molecule has 0 saturated carbocycles. The number of hydrogen-bond acceptors (Lipinski definition) is 8. The van der Waals surface area contributed by atoms with Crippen molar-refractivity contribution in [3.8, 4) is 0 Å². The number of nitrogens with one attached hydrogen (secondary N) is 2. The monoisotopic (exact) mass is 992 g/mol. The molecular weight excluding hydrogens is 949 g/mol. The van der Waals surface area contributed by atoms with E-state index >= 15 is 0 Å². The zero-order valence-electron chi connectivity index (χ0n) is 27.1. The molecule has 2 aliphatic heterocycles. The maximum absolute atomic E-state index is 12.0. The van der Waals surface area contributed by atoms with Gasteiger partial charge in [0.05, 0.1) is 11.9 Å². The second kappa shape index (κ2) is 21.1. The Labute approximate surface area is 319 Å². The molecule has 6 rings (SSSR count). The minimum absolute atomic E-state index is 0.00723. The van der Waals surface area contributed by atoms with Crippen molar-refractivity contribution < 1.29 is 9.59 Å². The van der Waals surface area contributed by atoms with Gasteiger partial charge in [-0.15, -0.1) is 10.2 Å². The molecule has 2 fully saturated rings. The summed E-state index contributed by atoms with van der Waals surface area (Å²) in [4.78, 5) is 29.0. The molecule has 2 N–H and O–H groups in total. The molecule has 0 unspecified atom stereocenters. The predicted octanol–water partition coefficient (Wildman–Crippen LogP) is 4.80. The lowest BCUT2D eigenvalue weighted by Crippen LogP contribution is -2.45. The summed E-state index contributed by atoms with van der Waals surface area (Å²) < 4.78 is 3.95. The first-order chi connectivity index (χ1) is 23.4. The Kier molecular flexibility index (Phi) is 16.9. The number of aromatic nitrogens is 6. The molecule has 258 valence electrons. The van der Waals surface area contributed by atoms with Crippen LogP contribution in [0.2, 0.25) is 0 Å². The Bertz CT molecular complexity index is 1390. The molecule has 2 aliphatic rings. The third-order valence-corrected chi connectivity index (χ3v) is 8.67. The maximum Gasteiger partial charge on any atom is 0.242 e. The van der Waals surface area contributed by atoms with Gasteiger partial charge in [0.25, 0.3) is 0 Å². The second-order valence-electron chi connectivity index (χ2n) is 12.0. The van der Waals surface area contributed by atoms with Crippen LogP contribution in [0.15, 0.2) is 73.1 Å². The van der Waals surface area contributed by atoms with Gasteiger partial charge in [-0.25, -0.2) is 9.36 Å². The predicted molar refractivity (Wildman–Crippen MR) is 211 cm³/mol. The molecule has 2 aromatic carbocycles. The number of benzene rings is 2. The lowest BCUT2D eigenvalue weighted by Gasteiger charge is -2.32. The average molecular weight is 992 g/mol. The van der Waals surface area contributed by atoms with E-state index < -0.39 is 0 Å². The molecule has 0 aliphatic carbocycles. The summed E-state index contributed by atoms with van der Waals surface area (Å²) in [6.07, 6.45) is 7.52. The number of rotatable bonds is 10. The van der Waals surface area contributed by atoms with E-state index in [4.69, 9.17) is 0 Å². The van der Waals surface area contributed by atoms with Gasteiger partial charge in [-0.2, -0.15) is 0 Å². The van der Waals surface area contributed by atoms with E-state index in [0.717, 1.165) is 74.3 Å². The summed E-state index contributed by atoms with van der Waals surface area (Å²) in [5.41, 5.74) is 3.51. The van der Waals surface area contributed by atoms with Gasteiger partial charge in [0.15, 0.2) is 0 Å². The Balaban J connectivity index is 0.000000206. The lowest BCUT2D eigenvalue weighted by atomic mass is 10.0. The van der Waals surface area contributed by atoms with Crippen molar-refractivity contribution in [1.82, 2.24) is 50.4 Å². The van der Waals surface area contributed by atoms with Gasteiger partial charge >= 0.3 is 0 Å². The number of nitrogens with zero attached hydrogens (tertiary/aromatic N) is 8. The Hall–Kier alpha value is -2.23. The topological polar surface area (TPSA) is 126 Å². The zero-order chi connectivity index (χ0) is 34.1. The zero-order valence-corrected chi connectivity index (χ0v) is 33.6. The number of piperidine rings is 2. The summed E-state index contributed by atoms with van der Waals surface area (Å²) in [5, 5.41) is 21.8. The maximum atomic E-state index is 12.0. The van der Waals surface area contributed by atoms with Crippen LogP contribution in [0.1, 0.15) is 42.5 Å². The number of carbonyl (C=O) groups excluding carboxylic acids is 2. The second-order valence-corrected chi connectivity index (χ2v) is 13.1. The summed E-state index contributed by atoms with van der Waals surface area (Å²) in [6, 6.07) is 21.6. The van der Waals surface area contributed by atoms with Crippen molar-refractivity contribution in [1.29, 1.82) is 0 Å². The van der Waals surface area contributed by atoms with E-state index in [1.54, 1.807) is 21.8 Å². The van der Waals surface area contributed by atoms with Crippen LogP contribution < -0.4 is 10.6 Å². The van der Waals surface area contributed by atoms with E-state index in [9.17, 15) is 9.59 Å². The third-order valence-electron chi connectivity index (χ3n) is 8.18. The smallest absolute Gasteiger partial charge is 0.242 e. The Morgan fingerprint density at radius 2 is 1.10 bits per heavy atom. The summed E-state index contributed by atoms with van der Waals surface area (Å²) >= 11 is 6.32. The third kappa shape index (κ3) is 13.9. The van der Waals surface area contributed by atoms with Crippen LogP contribution in [-0.2, 0) is 35.8 Å². The van der Waals surface area contributed by atoms with Gasteiger partial charge in [-0.3, -0.25) is 19.4 Å². The normalized spacial score (nSPS) is 15.8. The minimum atomic E-state index is 0.00723. The molecule has 0 radical (unpaired) electrons. The van der Waals surface area contributed by atoms with Crippen molar-refractivity contribution in [2.45, 2.75) is 70.9 Å². The highest BCUT2D eigenvalue weighted by Crippen LogP contribution is 2.15. The first kappa shape index (κ1) is 38.6. The molecule has 12 nitrogen and oxygen atoms in total. The molecule has 0 atom stereocenters. The van der Waals surface area contributed by atoms with Gasteiger partial charge in [-0.05, 0) is 66.3 Å². The Morgan fingerprint density at radius 1 is 0.688 bits per heavy atom. The molecule has 0 bridgehead atoms. The van der Waals surface area contributed by atoms with E-state index in [-0.39, 0.29) is 37.0 Å². The van der Waals surface area contributed by atoms with Crippen LogP contribution >= 0.6 is 59.8 Å². The molecule has 4 aromatic rings. The number of hydrogen-bond donors (Lipinski definition) is 2. The van der Waals surface area contributed by atoms with Gasteiger partial charge in [0.2, 0.25) is 11.8 Å². The molecule has 2 amide bonds. The molecule has 2 aromatic heterocycles. The highest BCUT2D eigenvalue weighted by Gasteiger charge is 2.22. The van der Waals surface area contributed by atoms with Crippen molar-refractivity contribution in [2.24, 2.45) is 0 Å². The number of carbonyl (C=O) groups is 2. The largest absolute Gasteiger partial charge is 0.352 e. The molecule has 15 heteroatoms.